The molecule has 5 nitrogen and oxygen atoms in total. The van der Waals surface area contributed by atoms with Gasteiger partial charge in [0, 0.05) is 12.1 Å². The Morgan fingerprint density at radius 3 is 2.85 bits per heavy atom. The third-order valence-electron chi connectivity index (χ3n) is 3.69. The summed E-state index contributed by atoms with van der Waals surface area (Å²) >= 11 is 0. The van der Waals surface area contributed by atoms with E-state index in [0.29, 0.717) is 18.5 Å². The number of carbonyl (C=O) groups excluding carboxylic acids is 1. The molecule has 0 aliphatic carbocycles. The predicted octanol–water partition coefficient (Wildman–Crippen LogP) is 1.14. The molecule has 1 aliphatic rings. The van der Waals surface area contributed by atoms with Crippen LogP contribution in [0.1, 0.15) is 28.8 Å². The lowest BCUT2D eigenvalue weighted by molar-refractivity contribution is -0.141. The number of likely N-dealkylation sites (tertiary alicyclic amines) is 1. The van der Waals surface area contributed by atoms with Gasteiger partial charge in [0.05, 0.1) is 0 Å². The fourth-order valence-electron chi connectivity index (χ4n) is 2.63. The summed E-state index contributed by atoms with van der Waals surface area (Å²) in [6.45, 7) is 1.31. The number of hydrogen-bond donors (Lipinski definition) is 2. The molecule has 0 saturated carbocycles. The van der Waals surface area contributed by atoms with Crippen LogP contribution < -0.4 is 5.32 Å². The van der Waals surface area contributed by atoms with E-state index >= 15 is 0 Å². The topological polar surface area (TPSA) is 69.6 Å². The molecule has 1 aromatic carbocycles. The van der Waals surface area contributed by atoms with Gasteiger partial charge in [-0.25, -0.2) is 4.79 Å². The smallest absolute Gasteiger partial charge is 0.326 e. The maximum Gasteiger partial charge on any atom is 0.326 e. The highest BCUT2D eigenvalue weighted by atomic mass is 16.4. The zero-order valence-electron chi connectivity index (χ0n) is 11.6. The lowest BCUT2D eigenvalue weighted by Crippen LogP contribution is -2.40. The summed E-state index contributed by atoms with van der Waals surface area (Å²) in [6.07, 6.45) is 2.05. The van der Waals surface area contributed by atoms with E-state index in [2.05, 4.69) is 5.32 Å². The quantitative estimate of drug-likeness (QED) is 0.846. The van der Waals surface area contributed by atoms with E-state index in [0.717, 1.165) is 24.9 Å². The number of amides is 1. The van der Waals surface area contributed by atoms with Gasteiger partial charge in [0.1, 0.15) is 6.04 Å². The summed E-state index contributed by atoms with van der Waals surface area (Å²) in [4.78, 5) is 25.3. The van der Waals surface area contributed by atoms with Gasteiger partial charge in [-0.3, -0.25) is 4.79 Å². The fraction of sp³-hybridized carbons (Fsp3) is 0.467. The molecule has 0 aromatic heterocycles. The molecule has 0 radical (unpaired) electrons. The Balaban J connectivity index is 2.22. The number of nitrogens with one attached hydrogen (secondary N) is 1. The average Bonchev–Trinajstić information content (AvgIpc) is 2.94. The van der Waals surface area contributed by atoms with Gasteiger partial charge in [0.25, 0.3) is 5.91 Å². The highest BCUT2D eigenvalue weighted by Crippen LogP contribution is 2.22. The molecule has 108 valence electrons. The number of likely N-dealkylation sites (N-methyl/N-ethyl adjacent to an activating group) is 1. The largest absolute Gasteiger partial charge is 0.480 e. The third kappa shape index (κ3) is 2.99. The number of carboxylic acid groups (broad SMARTS) is 1. The van der Waals surface area contributed by atoms with E-state index in [9.17, 15) is 14.7 Å². The first-order valence-corrected chi connectivity index (χ1v) is 6.91. The van der Waals surface area contributed by atoms with E-state index in [-0.39, 0.29) is 5.91 Å². The van der Waals surface area contributed by atoms with Crippen LogP contribution in [-0.2, 0) is 11.2 Å². The van der Waals surface area contributed by atoms with E-state index in [1.54, 1.807) is 6.07 Å². The molecule has 1 aliphatic heterocycles. The van der Waals surface area contributed by atoms with Crippen LogP contribution in [0.25, 0.3) is 0 Å². The number of carbonyl (C=O) groups is 2. The number of carboxylic acids is 1. The lowest BCUT2D eigenvalue weighted by Gasteiger charge is -2.22. The van der Waals surface area contributed by atoms with Crippen LogP contribution in [0, 0.1) is 0 Å². The molecule has 2 N–H and O–H groups in total. The molecule has 1 unspecified atom stereocenters. The SMILES string of the molecule is CNCCc1ccccc1C(=O)N1CCCC1C(=O)O. The number of rotatable bonds is 5. The summed E-state index contributed by atoms with van der Waals surface area (Å²) in [5.74, 6) is -1.08. The molecule has 2 rings (SSSR count). The van der Waals surface area contributed by atoms with Crippen LogP contribution in [0.2, 0.25) is 0 Å². The molecular weight excluding hydrogens is 256 g/mol. The maximum absolute atomic E-state index is 12.6. The van der Waals surface area contributed by atoms with Crippen molar-refractivity contribution in [2.45, 2.75) is 25.3 Å². The van der Waals surface area contributed by atoms with Gasteiger partial charge < -0.3 is 15.3 Å². The van der Waals surface area contributed by atoms with Gasteiger partial charge in [0.15, 0.2) is 0 Å². The van der Waals surface area contributed by atoms with E-state index in [4.69, 9.17) is 0 Å². The second-order valence-electron chi connectivity index (χ2n) is 5.01. The van der Waals surface area contributed by atoms with E-state index < -0.39 is 12.0 Å². The van der Waals surface area contributed by atoms with Crippen molar-refractivity contribution in [1.82, 2.24) is 10.2 Å². The van der Waals surface area contributed by atoms with Crippen molar-refractivity contribution in [2.75, 3.05) is 20.1 Å². The molecule has 0 spiro atoms. The second-order valence-corrected chi connectivity index (χ2v) is 5.01. The standard InChI is InChI=1S/C15H20N2O3/c1-16-9-8-11-5-2-3-6-12(11)14(18)17-10-4-7-13(17)15(19)20/h2-3,5-6,13,16H,4,7-10H2,1H3,(H,19,20). The van der Waals surface area contributed by atoms with Crippen molar-refractivity contribution in [3.63, 3.8) is 0 Å². The molecule has 0 bridgehead atoms. The van der Waals surface area contributed by atoms with Crippen molar-refractivity contribution < 1.29 is 14.7 Å². The Bertz CT molecular complexity index is 502. The first-order chi connectivity index (χ1) is 9.65. The highest BCUT2D eigenvalue weighted by molar-refractivity contribution is 5.98. The van der Waals surface area contributed by atoms with Crippen LogP contribution >= 0.6 is 0 Å². The van der Waals surface area contributed by atoms with Gasteiger partial charge in [-0.05, 0) is 44.5 Å². The Labute approximate surface area is 118 Å². The van der Waals surface area contributed by atoms with Crippen molar-refractivity contribution in [1.29, 1.82) is 0 Å². The van der Waals surface area contributed by atoms with Crippen LogP contribution in [0.15, 0.2) is 24.3 Å². The van der Waals surface area contributed by atoms with Gasteiger partial charge in [-0.1, -0.05) is 18.2 Å². The van der Waals surface area contributed by atoms with Gasteiger partial charge >= 0.3 is 5.97 Å². The Hall–Kier alpha value is -1.88. The molecule has 1 saturated heterocycles. The van der Waals surface area contributed by atoms with Gasteiger partial charge in [-0.15, -0.1) is 0 Å². The minimum atomic E-state index is -0.913. The minimum Gasteiger partial charge on any atom is -0.480 e. The molecule has 1 amide bonds. The zero-order chi connectivity index (χ0) is 14.5. The number of nitrogens with zero attached hydrogens (tertiary/aromatic N) is 1. The molecule has 1 atom stereocenters. The van der Waals surface area contributed by atoms with Crippen LogP contribution in [-0.4, -0.2) is 48.1 Å². The zero-order valence-corrected chi connectivity index (χ0v) is 11.6. The summed E-state index contributed by atoms with van der Waals surface area (Å²) in [5.41, 5.74) is 1.58. The fourth-order valence-corrected chi connectivity index (χ4v) is 2.63. The molecule has 1 aromatic rings. The number of hydrogen-bond acceptors (Lipinski definition) is 3. The van der Waals surface area contributed by atoms with Crippen molar-refractivity contribution in [2.24, 2.45) is 0 Å². The van der Waals surface area contributed by atoms with Crippen molar-refractivity contribution >= 4 is 11.9 Å². The highest BCUT2D eigenvalue weighted by Gasteiger charge is 2.34. The maximum atomic E-state index is 12.6. The summed E-state index contributed by atoms with van der Waals surface area (Å²) < 4.78 is 0. The summed E-state index contributed by atoms with van der Waals surface area (Å²) in [6, 6.07) is 6.75. The van der Waals surface area contributed by atoms with Crippen LogP contribution in [0.5, 0.6) is 0 Å². The Kier molecular flexibility index (Phi) is 4.74. The summed E-state index contributed by atoms with van der Waals surface area (Å²) in [7, 11) is 1.87. The lowest BCUT2D eigenvalue weighted by atomic mass is 10.0. The first kappa shape index (κ1) is 14.5. The molecule has 5 heteroatoms. The molecular formula is C15H20N2O3. The van der Waals surface area contributed by atoms with E-state index in [1.807, 2.05) is 25.2 Å². The average molecular weight is 276 g/mol. The molecule has 1 fully saturated rings. The Morgan fingerprint density at radius 2 is 2.15 bits per heavy atom. The number of benzene rings is 1. The first-order valence-electron chi connectivity index (χ1n) is 6.91. The minimum absolute atomic E-state index is 0.165. The second kappa shape index (κ2) is 6.52. The van der Waals surface area contributed by atoms with Gasteiger partial charge in [0.2, 0.25) is 0 Å². The van der Waals surface area contributed by atoms with Crippen LogP contribution in [0.3, 0.4) is 0 Å². The van der Waals surface area contributed by atoms with Gasteiger partial charge in [-0.2, -0.15) is 0 Å². The Morgan fingerprint density at radius 1 is 1.40 bits per heavy atom. The third-order valence-corrected chi connectivity index (χ3v) is 3.69. The summed E-state index contributed by atoms with van der Waals surface area (Å²) in [5, 5.41) is 12.2. The predicted molar refractivity (Wildman–Crippen MR) is 75.8 cm³/mol. The normalized spacial score (nSPS) is 18.2. The molecule has 1 heterocycles. The van der Waals surface area contributed by atoms with Crippen molar-refractivity contribution in [3.05, 3.63) is 35.4 Å². The monoisotopic (exact) mass is 276 g/mol. The number of aliphatic carboxylic acids is 1. The van der Waals surface area contributed by atoms with Crippen LogP contribution in [0.4, 0.5) is 0 Å². The van der Waals surface area contributed by atoms with E-state index in [1.165, 1.54) is 4.90 Å². The molecule has 20 heavy (non-hydrogen) atoms. The van der Waals surface area contributed by atoms with Crippen molar-refractivity contribution in [3.8, 4) is 0 Å².